The summed E-state index contributed by atoms with van der Waals surface area (Å²) in [5.41, 5.74) is 3.33. The van der Waals surface area contributed by atoms with Crippen LogP contribution < -0.4 is 5.32 Å². The number of nitriles is 1. The van der Waals surface area contributed by atoms with Crippen molar-refractivity contribution >= 4 is 0 Å². The molecule has 2 nitrogen and oxygen atoms in total. The molecule has 0 fully saturated rings. The van der Waals surface area contributed by atoms with Gasteiger partial charge in [-0.05, 0) is 31.7 Å². The Labute approximate surface area is 96.6 Å². The van der Waals surface area contributed by atoms with Gasteiger partial charge in [0.2, 0.25) is 0 Å². The number of nitrogens with one attached hydrogen (secondary N) is 1. The number of hydrogen-bond donors (Lipinski definition) is 1. The van der Waals surface area contributed by atoms with E-state index in [2.05, 4.69) is 30.4 Å². The van der Waals surface area contributed by atoms with Crippen LogP contribution >= 0.6 is 0 Å². The minimum atomic E-state index is 0.276. The first-order valence-corrected chi connectivity index (χ1v) is 5.75. The van der Waals surface area contributed by atoms with Crippen LogP contribution in [0.5, 0.6) is 0 Å². The lowest BCUT2D eigenvalue weighted by atomic mass is 10.1. The average molecular weight is 212 g/mol. The maximum Gasteiger partial charge on any atom is 0.0965 e. The summed E-state index contributed by atoms with van der Waals surface area (Å²) in [6.45, 7) is 2.13. The van der Waals surface area contributed by atoms with E-state index in [-0.39, 0.29) is 6.04 Å². The Hall–Kier alpha value is -1.75. The van der Waals surface area contributed by atoms with Gasteiger partial charge in [0.1, 0.15) is 0 Å². The molecule has 0 radical (unpaired) electrons. The predicted octanol–water partition coefficient (Wildman–Crippen LogP) is 3.30. The molecule has 0 aliphatic heterocycles. The molecule has 0 aromatic heterocycles. The van der Waals surface area contributed by atoms with E-state index in [1.54, 1.807) is 0 Å². The molecule has 1 aromatic rings. The van der Waals surface area contributed by atoms with Crippen molar-refractivity contribution in [3.05, 3.63) is 47.2 Å². The molecule has 0 bridgehead atoms. The third-order valence-electron chi connectivity index (χ3n) is 3.04. The lowest BCUT2D eigenvalue weighted by Gasteiger charge is -2.16. The predicted molar refractivity (Wildman–Crippen MR) is 64.5 cm³/mol. The lowest BCUT2D eigenvalue weighted by Crippen LogP contribution is -2.17. The minimum absolute atomic E-state index is 0.276. The Balaban J connectivity index is 2.09. The first-order valence-electron chi connectivity index (χ1n) is 5.75. The van der Waals surface area contributed by atoms with Gasteiger partial charge < -0.3 is 5.32 Å². The van der Waals surface area contributed by atoms with Crippen LogP contribution in [0.25, 0.3) is 0 Å². The molecule has 16 heavy (non-hydrogen) atoms. The van der Waals surface area contributed by atoms with E-state index in [0.717, 1.165) is 30.5 Å². The molecule has 0 heterocycles. The highest BCUT2D eigenvalue weighted by molar-refractivity contribution is 5.31. The van der Waals surface area contributed by atoms with Gasteiger partial charge in [0.25, 0.3) is 0 Å². The van der Waals surface area contributed by atoms with Crippen LogP contribution in [-0.2, 0) is 0 Å². The number of benzene rings is 1. The van der Waals surface area contributed by atoms with Crippen molar-refractivity contribution < 1.29 is 0 Å². The van der Waals surface area contributed by atoms with Gasteiger partial charge in [0.05, 0.1) is 6.07 Å². The molecule has 1 aromatic carbocycles. The van der Waals surface area contributed by atoms with Gasteiger partial charge in [-0.3, -0.25) is 0 Å². The zero-order valence-corrected chi connectivity index (χ0v) is 9.53. The smallest absolute Gasteiger partial charge is 0.0965 e. The molecule has 2 heteroatoms. The Morgan fingerprint density at radius 1 is 1.25 bits per heavy atom. The molecule has 1 aliphatic carbocycles. The van der Waals surface area contributed by atoms with Crippen molar-refractivity contribution in [1.29, 1.82) is 5.26 Å². The Kier molecular flexibility index (Phi) is 3.26. The average Bonchev–Trinajstić information content (AvgIpc) is 2.77. The van der Waals surface area contributed by atoms with Gasteiger partial charge in [-0.15, -0.1) is 0 Å². The molecule has 1 atom stereocenters. The van der Waals surface area contributed by atoms with E-state index in [0.29, 0.717) is 0 Å². The van der Waals surface area contributed by atoms with E-state index in [9.17, 15) is 0 Å². The van der Waals surface area contributed by atoms with E-state index in [4.69, 9.17) is 5.26 Å². The quantitative estimate of drug-likeness (QED) is 0.834. The van der Waals surface area contributed by atoms with E-state index in [1.165, 1.54) is 5.56 Å². The zero-order valence-electron chi connectivity index (χ0n) is 9.53. The highest BCUT2D eigenvalue weighted by Crippen LogP contribution is 2.25. The van der Waals surface area contributed by atoms with Gasteiger partial charge in [0, 0.05) is 17.3 Å². The molecule has 1 N–H and O–H groups in total. The second-order valence-electron chi connectivity index (χ2n) is 4.20. The van der Waals surface area contributed by atoms with Crippen molar-refractivity contribution in [2.75, 3.05) is 0 Å². The first kappa shape index (κ1) is 10.8. The van der Waals surface area contributed by atoms with Crippen LogP contribution in [0.2, 0.25) is 0 Å². The van der Waals surface area contributed by atoms with Crippen LogP contribution in [0.1, 0.15) is 37.8 Å². The van der Waals surface area contributed by atoms with Crippen molar-refractivity contribution in [1.82, 2.24) is 5.32 Å². The summed E-state index contributed by atoms with van der Waals surface area (Å²) in [4.78, 5) is 0. The molecule has 0 saturated carbocycles. The van der Waals surface area contributed by atoms with Gasteiger partial charge in [-0.1, -0.05) is 30.3 Å². The summed E-state index contributed by atoms with van der Waals surface area (Å²) in [5, 5.41) is 12.4. The Morgan fingerprint density at radius 2 is 2.00 bits per heavy atom. The van der Waals surface area contributed by atoms with Gasteiger partial charge in [-0.2, -0.15) is 5.26 Å². The molecule has 0 saturated heterocycles. The van der Waals surface area contributed by atoms with Crippen molar-refractivity contribution in [2.45, 2.75) is 32.2 Å². The monoisotopic (exact) mass is 212 g/mol. The molecular weight excluding hydrogens is 196 g/mol. The van der Waals surface area contributed by atoms with Gasteiger partial charge >= 0.3 is 0 Å². The molecular formula is C14H16N2. The van der Waals surface area contributed by atoms with Crippen LogP contribution in [-0.4, -0.2) is 0 Å². The van der Waals surface area contributed by atoms with E-state index in [1.807, 2.05) is 18.2 Å². The molecule has 0 unspecified atom stereocenters. The van der Waals surface area contributed by atoms with Crippen LogP contribution in [0, 0.1) is 11.3 Å². The van der Waals surface area contributed by atoms with Crippen molar-refractivity contribution in [3.63, 3.8) is 0 Å². The van der Waals surface area contributed by atoms with E-state index < -0.39 is 0 Å². The van der Waals surface area contributed by atoms with Crippen molar-refractivity contribution in [2.24, 2.45) is 0 Å². The summed E-state index contributed by atoms with van der Waals surface area (Å²) in [5.74, 6) is 0. The summed E-state index contributed by atoms with van der Waals surface area (Å²) >= 11 is 0. The number of allylic oxidation sites excluding steroid dienone is 2. The highest BCUT2D eigenvalue weighted by Gasteiger charge is 2.16. The fourth-order valence-corrected chi connectivity index (χ4v) is 2.11. The van der Waals surface area contributed by atoms with Gasteiger partial charge in [0.15, 0.2) is 0 Å². The fraction of sp³-hybridized carbons (Fsp3) is 0.357. The number of hydrogen-bond acceptors (Lipinski definition) is 2. The third-order valence-corrected chi connectivity index (χ3v) is 3.04. The third kappa shape index (κ3) is 2.25. The molecule has 0 amide bonds. The first-order chi connectivity index (χ1) is 7.81. The largest absolute Gasteiger partial charge is 0.381 e. The molecule has 2 rings (SSSR count). The Bertz CT molecular complexity index is 426. The molecule has 0 spiro atoms. The second-order valence-corrected chi connectivity index (χ2v) is 4.20. The second kappa shape index (κ2) is 4.85. The number of rotatable bonds is 3. The minimum Gasteiger partial charge on any atom is -0.381 e. The topological polar surface area (TPSA) is 35.8 Å². The standard InChI is InChI=1S/C14H16N2/c1-11(12-6-3-2-4-7-12)16-14-9-5-8-13(14)10-15/h2-4,6-7,11,16H,5,8-9H2,1H3/t11-/m0/s1. The summed E-state index contributed by atoms with van der Waals surface area (Å²) in [6.07, 6.45) is 3.05. The molecule has 1 aliphatic rings. The van der Waals surface area contributed by atoms with E-state index >= 15 is 0 Å². The number of nitrogens with zero attached hydrogens (tertiary/aromatic N) is 1. The maximum absolute atomic E-state index is 8.97. The van der Waals surface area contributed by atoms with Crippen LogP contribution in [0.4, 0.5) is 0 Å². The van der Waals surface area contributed by atoms with Gasteiger partial charge in [-0.25, -0.2) is 0 Å². The van der Waals surface area contributed by atoms with Crippen LogP contribution in [0.3, 0.4) is 0 Å². The maximum atomic E-state index is 8.97. The zero-order chi connectivity index (χ0) is 11.4. The SMILES string of the molecule is C[C@H](NC1=C(C#N)CCC1)c1ccccc1. The Morgan fingerprint density at radius 3 is 2.69 bits per heavy atom. The normalized spacial score (nSPS) is 17.0. The lowest BCUT2D eigenvalue weighted by molar-refractivity contribution is 0.634. The van der Waals surface area contributed by atoms with Crippen molar-refractivity contribution in [3.8, 4) is 6.07 Å². The summed E-state index contributed by atoms with van der Waals surface area (Å²) in [7, 11) is 0. The highest BCUT2D eigenvalue weighted by atomic mass is 14.9. The fourth-order valence-electron chi connectivity index (χ4n) is 2.11. The van der Waals surface area contributed by atoms with Crippen LogP contribution in [0.15, 0.2) is 41.6 Å². The summed E-state index contributed by atoms with van der Waals surface area (Å²) in [6, 6.07) is 12.9. The molecule has 82 valence electrons. The summed E-state index contributed by atoms with van der Waals surface area (Å²) < 4.78 is 0.